The van der Waals surface area contributed by atoms with Crippen LogP contribution in [0.3, 0.4) is 0 Å². The van der Waals surface area contributed by atoms with Crippen molar-refractivity contribution in [1.82, 2.24) is 15.1 Å². The predicted octanol–water partition coefficient (Wildman–Crippen LogP) is 2.61. The molecule has 0 aliphatic carbocycles. The maximum Gasteiger partial charge on any atom is 0.137 e. The molecule has 1 aromatic carbocycles. The summed E-state index contributed by atoms with van der Waals surface area (Å²) in [6.07, 6.45) is 1.90. The van der Waals surface area contributed by atoms with Gasteiger partial charge in [-0.15, -0.1) is 0 Å². The van der Waals surface area contributed by atoms with Crippen LogP contribution < -0.4 is 5.32 Å². The Morgan fingerprint density at radius 2 is 2.18 bits per heavy atom. The minimum Gasteiger partial charge on any atom is -0.307 e. The Kier molecular flexibility index (Phi) is 3.91. The summed E-state index contributed by atoms with van der Waals surface area (Å²) in [6.45, 7) is 1.28. The molecular weight excluding hydrogens is 285 g/mol. The van der Waals surface area contributed by atoms with E-state index in [0.717, 1.165) is 11.3 Å². The molecule has 2 aromatic rings. The number of rotatable bonds is 4. The highest BCUT2D eigenvalue weighted by molar-refractivity contribution is 9.10. The number of aromatic nitrogens is 2. The zero-order valence-electron chi connectivity index (χ0n) is 9.45. The van der Waals surface area contributed by atoms with Gasteiger partial charge >= 0.3 is 0 Å². The number of halogens is 2. The van der Waals surface area contributed by atoms with E-state index in [0.29, 0.717) is 17.6 Å². The van der Waals surface area contributed by atoms with Gasteiger partial charge in [-0.3, -0.25) is 4.68 Å². The van der Waals surface area contributed by atoms with E-state index < -0.39 is 0 Å². The number of hydrogen-bond acceptors (Lipinski definition) is 2. The zero-order chi connectivity index (χ0) is 12.3. The van der Waals surface area contributed by atoms with Gasteiger partial charge in [-0.05, 0) is 33.6 Å². The Balaban J connectivity index is 1.92. The summed E-state index contributed by atoms with van der Waals surface area (Å²) >= 11 is 3.24. The number of nitrogens with zero attached hydrogens (tertiary/aromatic N) is 2. The van der Waals surface area contributed by atoms with Crippen LogP contribution in [-0.4, -0.2) is 9.78 Å². The predicted molar refractivity (Wildman–Crippen MR) is 67.9 cm³/mol. The first kappa shape index (κ1) is 12.3. The highest BCUT2D eigenvalue weighted by Crippen LogP contribution is 2.20. The summed E-state index contributed by atoms with van der Waals surface area (Å²) in [5.41, 5.74) is 1.88. The highest BCUT2D eigenvalue weighted by atomic mass is 79.9. The van der Waals surface area contributed by atoms with E-state index in [2.05, 4.69) is 26.3 Å². The molecule has 17 heavy (non-hydrogen) atoms. The first-order chi connectivity index (χ1) is 8.16. The summed E-state index contributed by atoms with van der Waals surface area (Å²) < 4.78 is 15.5. The molecule has 90 valence electrons. The Morgan fingerprint density at radius 1 is 1.35 bits per heavy atom. The van der Waals surface area contributed by atoms with Crippen molar-refractivity contribution in [1.29, 1.82) is 0 Å². The maximum absolute atomic E-state index is 13.2. The van der Waals surface area contributed by atoms with Crippen LogP contribution in [-0.2, 0) is 20.1 Å². The van der Waals surface area contributed by atoms with Gasteiger partial charge in [0.25, 0.3) is 0 Å². The SMILES string of the molecule is Cn1ccc(CNCc2cccc(F)c2Br)n1. The van der Waals surface area contributed by atoms with Crippen molar-refractivity contribution in [3.8, 4) is 0 Å². The van der Waals surface area contributed by atoms with Gasteiger partial charge in [-0.25, -0.2) is 4.39 Å². The van der Waals surface area contributed by atoms with Crippen molar-refractivity contribution in [2.24, 2.45) is 7.05 Å². The monoisotopic (exact) mass is 297 g/mol. The standard InChI is InChI=1S/C12H13BrFN3/c1-17-6-5-10(16-17)8-15-7-9-3-2-4-11(14)12(9)13/h2-6,15H,7-8H2,1H3. The fourth-order valence-electron chi connectivity index (χ4n) is 1.57. The second-order valence-electron chi connectivity index (χ2n) is 3.80. The third-order valence-electron chi connectivity index (χ3n) is 2.42. The van der Waals surface area contributed by atoms with Crippen LogP contribution in [0, 0.1) is 5.82 Å². The van der Waals surface area contributed by atoms with Crippen LogP contribution in [0.2, 0.25) is 0 Å². The largest absolute Gasteiger partial charge is 0.307 e. The lowest BCUT2D eigenvalue weighted by molar-refractivity contribution is 0.609. The van der Waals surface area contributed by atoms with Crippen molar-refractivity contribution in [2.45, 2.75) is 13.1 Å². The van der Waals surface area contributed by atoms with Gasteiger partial charge in [0.15, 0.2) is 0 Å². The number of hydrogen-bond donors (Lipinski definition) is 1. The van der Waals surface area contributed by atoms with E-state index in [-0.39, 0.29) is 5.82 Å². The Morgan fingerprint density at radius 3 is 2.88 bits per heavy atom. The second-order valence-corrected chi connectivity index (χ2v) is 4.59. The number of benzene rings is 1. The molecule has 0 bridgehead atoms. The van der Waals surface area contributed by atoms with E-state index in [1.165, 1.54) is 6.07 Å². The average Bonchev–Trinajstić information content (AvgIpc) is 2.70. The first-order valence-electron chi connectivity index (χ1n) is 5.29. The minimum atomic E-state index is -0.234. The van der Waals surface area contributed by atoms with Crippen LogP contribution in [0.4, 0.5) is 4.39 Å². The van der Waals surface area contributed by atoms with Gasteiger partial charge in [0.05, 0.1) is 10.2 Å². The smallest absolute Gasteiger partial charge is 0.137 e. The normalized spacial score (nSPS) is 10.8. The molecule has 0 amide bonds. The maximum atomic E-state index is 13.2. The van der Waals surface area contributed by atoms with Crippen molar-refractivity contribution >= 4 is 15.9 Å². The summed E-state index contributed by atoms with van der Waals surface area (Å²) in [7, 11) is 1.88. The Labute approximate surface area is 108 Å². The van der Waals surface area contributed by atoms with Crippen molar-refractivity contribution in [3.05, 3.63) is 52.0 Å². The molecule has 0 aliphatic rings. The summed E-state index contributed by atoms with van der Waals surface area (Å²) in [5, 5.41) is 7.48. The lowest BCUT2D eigenvalue weighted by Crippen LogP contribution is -2.14. The molecule has 1 aromatic heterocycles. The van der Waals surface area contributed by atoms with Crippen molar-refractivity contribution < 1.29 is 4.39 Å². The Bertz CT molecular complexity index is 510. The molecule has 0 unspecified atom stereocenters. The molecule has 0 saturated carbocycles. The molecule has 0 spiro atoms. The molecule has 0 aliphatic heterocycles. The van der Waals surface area contributed by atoms with Crippen LogP contribution in [0.15, 0.2) is 34.9 Å². The molecule has 1 N–H and O–H groups in total. The van der Waals surface area contributed by atoms with Gasteiger partial charge in [-0.1, -0.05) is 12.1 Å². The van der Waals surface area contributed by atoms with Gasteiger partial charge in [0.1, 0.15) is 5.82 Å². The topological polar surface area (TPSA) is 29.9 Å². The first-order valence-corrected chi connectivity index (χ1v) is 6.08. The summed E-state index contributed by atoms with van der Waals surface area (Å²) in [5.74, 6) is -0.234. The third kappa shape index (κ3) is 3.14. The summed E-state index contributed by atoms with van der Waals surface area (Å²) in [4.78, 5) is 0. The lowest BCUT2D eigenvalue weighted by atomic mass is 10.2. The molecule has 5 heteroatoms. The van der Waals surface area contributed by atoms with E-state index in [4.69, 9.17) is 0 Å². The molecular formula is C12H13BrFN3. The van der Waals surface area contributed by atoms with Gasteiger partial charge < -0.3 is 5.32 Å². The van der Waals surface area contributed by atoms with Crippen molar-refractivity contribution in [3.63, 3.8) is 0 Å². The molecule has 0 fully saturated rings. The summed E-state index contributed by atoms with van der Waals surface area (Å²) in [6, 6.07) is 6.98. The molecule has 1 heterocycles. The second kappa shape index (κ2) is 5.42. The third-order valence-corrected chi connectivity index (χ3v) is 3.31. The van der Waals surface area contributed by atoms with Crippen LogP contribution in [0.5, 0.6) is 0 Å². The molecule has 2 rings (SSSR count). The molecule has 0 atom stereocenters. The number of aryl methyl sites for hydroxylation is 1. The molecule has 0 saturated heterocycles. The van der Waals surface area contributed by atoms with Crippen LogP contribution in [0.25, 0.3) is 0 Å². The fourth-order valence-corrected chi connectivity index (χ4v) is 1.97. The minimum absolute atomic E-state index is 0.234. The fraction of sp³-hybridized carbons (Fsp3) is 0.250. The highest BCUT2D eigenvalue weighted by Gasteiger charge is 2.04. The van der Waals surface area contributed by atoms with Crippen LogP contribution in [0.1, 0.15) is 11.3 Å². The van der Waals surface area contributed by atoms with Crippen LogP contribution >= 0.6 is 15.9 Å². The van der Waals surface area contributed by atoms with E-state index in [9.17, 15) is 4.39 Å². The van der Waals surface area contributed by atoms with Gasteiger partial charge in [-0.2, -0.15) is 5.10 Å². The molecule has 3 nitrogen and oxygen atoms in total. The number of nitrogens with one attached hydrogen (secondary N) is 1. The quantitative estimate of drug-likeness (QED) is 0.940. The van der Waals surface area contributed by atoms with E-state index in [1.54, 1.807) is 10.7 Å². The van der Waals surface area contributed by atoms with E-state index in [1.807, 2.05) is 25.4 Å². The van der Waals surface area contributed by atoms with E-state index >= 15 is 0 Å². The molecule has 0 radical (unpaired) electrons. The average molecular weight is 298 g/mol. The Hall–Kier alpha value is -1.20. The lowest BCUT2D eigenvalue weighted by Gasteiger charge is -2.06. The van der Waals surface area contributed by atoms with Crippen molar-refractivity contribution in [2.75, 3.05) is 0 Å². The van der Waals surface area contributed by atoms with Gasteiger partial charge in [0.2, 0.25) is 0 Å². The van der Waals surface area contributed by atoms with Gasteiger partial charge in [0, 0.05) is 26.3 Å². The zero-order valence-corrected chi connectivity index (χ0v) is 11.0.